The maximum atomic E-state index is 13.9. The molecular formula is C27H25ClFN3O4. The molecule has 3 aromatic rings. The molecule has 36 heavy (non-hydrogen) atoms. The standard InChI is InChI=1S/C27H25ClFN3O4/c1-2-35-21-12-8-20(9-13-21)32-16-19(14-26(32)33)27(34)31-30-15-18-6-10-22(11-7-18)36-17-23-24(28)4-3-5-25(23)29/h3-13,15,19H,2,14,16-17H2,1H3,(H,31,34)/b30-15-/t19-/m1/s1. The molecule has 0 unspecified atom stereocenters. The van der Waals surface area contributed by atoms with E-state index < -0.39 is 11.7 Å². The van der Waals surface area contributed by atoms with E-state index in [1.165, 1.54) is 18.3 Å². The molecule has 186 valence electrons. The van der Waals surface area contributed by atoms with E-state index in [-0.39, 0.29) is 31.4 Å². The third-order valence-corrected chi connectivity index (χ3v) is 6.02. The molecule has 1 aliphatic rings. The van der Waals surface area contributed by atoms with Crippen molar-refractivity contribution in [2.75, 3.05) is 18.1 Å². The maximum absolute atomic E-state index is 13.9. The lowest BCUT2D eigenvalue weighted by atomic mass is 10.1. The Morgan fingerprint density at radius 2 is 1.81 bits per heavy atom. The zero-order chi connectivity index (χ0) is 25.5. The van der Waals surface area contributed by atoms with Crippen molar-refractivity contribution in [3.05, 3.63) is 88.7 Å². The monoisotopic (exact) mass is 509 g/mol. The minimum absolute atomic E-state index is 0.00277. The molecule has 0 saturated carbocycles. The van der Waals surface area contributed by atoms with Crippen molar-refractivity contribution < 1.29 is 23.5 Å². The number of nitrogens with one attached hydrogen (secondary N) is 1. The lowest BCUT2D eigenvalue weighted by Crippen LogP contribution is -2.30. The van der Waals surface area contributed by atoms with Crippen molar-refractivity contribution in [2.45, 2.75) is 20.0 Å². The fraction of sp³-hybridized carbons (Fsp3) is 0.222. The second-order valence-corrected chi connectivity index (χ2v) is 8.53. The van der Waals surface area contributed by atoms with Gasteiger partial charge in [0.25, 0.3) is 0 Å². The fourth-order valence-electron chi connectivity index (χ4n) is 3.76. The summed E-state index contributed by atoms with van der Waals surface area (Å²) < 4.78 is 24.9. The number of amides is 2. The van der Waals surface area contributed by atoms with E-state index in [0.717, 1.165) is 17.0 Å². The van der Waals surface area contributed by atoms with E-state index in [4.69, 9.17) is 21.1 Å². The number of halogens is 2. The van der Waals surface area contributed by atoms with Crippen LogP contribution in [0.15, 0.2) is 71.8 Å². The normalized spacial score (nSPS) is 15.4. The summed E-state index contributed by atoms with van der Waals surface area (Å²) in [7, 11) is 0. The van der Waals surface area contributed by atoms with Crippen LogP contribution >= 0.6 is 11.6 Å². The van der Waals surface area contributed by atoms with E-state index >= 15 is 0 Å². The van der Waals surface area contributed by atoms with Crippen molar-refractivity contribution in [1.29, 1.82) is 0 Å². The summed E-state index contributed by atoms with van der Waals surface area (Å²) >= 11 is 6.02. The van der Waals surface area contributed by atoms with Crippen LogP contribution in [-0.2, 0) is 16.2 Å². The summed E-state index contributed by atoms with van der Waals surface area (Å²) in [6, 6.07) is 18.6. The number of carbonyl (C=O) groups is 2. The fourth-order valence-corrected chi connectivity index (χ4v) is 3.98. The van der Waals surface area contributed by atoms with Gasteiger partial charge in [-0.25, -0.2) is 9.82 Å². The van der Waals surface area contributed by atoms with E-state index in [1.807, 2.05) is 6.92 Å². The Morgan fingerprint density at radius 1 is 1.11 bits per heavy atom. The van der Waals surface area contributed by atoms with Crippen LogP contribution in [0.3, 0.4) is 0 Å². The van der Waals surface area contributed by atoms with Gasteiger partial charge in [-0.1, -0.05) is 17.7 Å². The van der Waals surface area contributed by atoms with Gasteiger partial charge in [0.1, 0.15) is 23.9 Å². The molecule has 3 aromatic carbocycles. The van der Waals surface area contributed by atoms with E-state index in [2.05, 4.69) is 10.5 Å². The average Bonchev–Trinajstić information content (AvgIpc) is 3.27. The van der Waals surface area contributed by atoms with Crippen molar-refractivity contribution in [3.8, 4) is 11.5 Å². The van der Waals surface area contributed by atoms with Gasteiger partial charge in [-0.15, -0.1) is 0 Å². The Kier molecular flexibility index (Phi) is 8.17. The highest BCUT2D eigenvalue weighted by Gasteiger charge is 2.35. The zero-order valence-electron chi connectivity index (χ0n) is 19.6. The molecule has 0 aliphatic carbocycles. The van der Waals surface area contributed by atoms with Crippen LogP contribution in [0, 0.1) is 11.7 Å². The molecule has 1 saturated heterocycles. The summed E-state index contributed by atoms with van der Waals surface area (Å²) in [5.74, 6) is -0.0963. The predicted molar refractivity (Wildman–Crippen MR) is 136 cm³/mol. The molecule has 1 heterocycles. The van der Waals surface area contributed by atoms with Gasteiger partial charge in [-0.3, -0.25) is 9.59 Å². The van der Waals surface area contributed by atoms with Gasteiger partial charge in [0.05, 0.1) is 23.8 Å². The van der Waals surface area contributed by atoms with Gasteiger partial charge in [-0.2, -0.15) is 5.10 Å². The Hall–Kier alpha value is -3.91. The minimum Gasteiger partial charge on any atom is -0.494 e. The van der Waals surface area contributed by atoms with Crippen LogP contribution in [-0.4, -0.2) is 31.2 Å². The maximum Gasteiger partial charge on any atom is 0.245 e. The highest BCUT2D eigenvalue weighted by molar-refractivity contribution is 6.31. The number of rotatable bonds is 9. The number of benzene rings is 3. The predicted octanol–water partition coefficient (Wildman–Crippen LogP) is 4.96. The number of hydrogen-bond acceptors (Lipinski definition) is 5. The third kappa shape index (κ3) is 6.20. The lowest BCUT2D eigenvalue weighted by Gasteiger charge is -2.17. The van der Waals surface area contributed by atoms with Crippen LogP contribution in [0.1, 0.15) is 24.5 Å². The van der Waals surface area contributed by atoms with Crippen molar-refractivity contribution in [3.63, 3.8) is 0 Å². The molecule has 1 aliphatic heterocycles. The molecule has 1 N–H and O–H groups in total. The quantitative estimate of drug-likeness (QED) is 0.326. The van der Waals surface area contributed by atoms with Crippen LogP contribution in [0.4, 0.5) is 10.1 Å². The van der Waals surface area contributed by atoms with E-state index in [1.54, 1.807) is 59.5 Å². The van der Waals surface area contributed by atoms with Gasteiger partial charge in [0.15, 0.2) is 0 Å². The first kappa shape index (κ1) is 25.2. The van der Waals surface area contributed by atoms with Crippen LogP contribution in [0.5, 0.6) is 11.5 Å². The van der Waals surface area contributed by atoms with E-state index in [9.17, 15) is 14.0 Å². The Balaban J connectivity index is 1.27. The summed E-state index contributed by atoms with van der Waals surface area (Å²) in [5, 5.41) is 4.32. The van der Waals surface area contributed by atoms with Gasteiger partial charge in [0.2, 0.25) is 11.8 Å². The number of anilines is 1. The summed E-state index contributed by atoms with van der Waals surface area (Å²) in [6.45, 7) is 2.75. The molecule has 4 rings (SSSR count). The van der Waals surface area contributed by atoms with Crippen LogP contribution in [0.2, 0.25) is 5.02 Å². The number of hydrogen-bond donors (Lipinski definition) is 1. The van der Waals surface area contributed by atoms with Crippen LogP contribution in [0.25, 0.3) is 0 Å². The van der Waals surface area contributed by atoms with Crippen molar-refractivity contribution in [1.82, 2.24) is 5.43 Å². The van der Waals surface area contributed by atoms with Gasteiger partial charge >= 0.3 is 0 Å². The first-order chi connectivity index (χ1) is 17.4. The highest BCUT2D eigenvalue weighted by Crippen LogP contribution is 2.27. The highest BCUT2D eigenvalue weighted by atomic mass is 35.5. The summed E-state index contributed by atoms with van der Waals surface area (Å²) in [5.41, 5.74) is 4.25. The van der Waals surface area contributed by atoms with Gasteiger partial charge < -0.3 is 14.4 Å². The van der Waals surface area contributed by atoms with Crippen LogP contribution < -0.4 is 19.8 Å². The molecule has 2 amide bonds. The van der Waals surface area contributed by atoms with E-state index in [0.29, 0.717) is 22.9 Å². The lowest BCUT2D eigenvalue weighted by molar-refractivity contribution is -0.126. The molecule has 0 spiro atoms. The third-order valence-electron chi connectivity index (χ3n) is 5.67. The number of nitrogens with zero attached hydrogens (tertiary/aromatic N) is 2. The molecule has 9 heteroatoms. The molecule has 0 radical (unpaired) electrons. The molecule has 7 nitrogen and oxygen atoms in total. The molecule has 0 aromatic heterocycles. The topological polar surface area (TPSA) is 80.2 Å². The number of carbonyl (C=O) groups excluding carboxylic acids is 2. The number of ether oxygens (including phenoxy) is 2. The van der Waals surface area contributed by atoms with Gasteiger partial charge in [0, 0.05) is 24.2 Å². The number of hydrazone groups is 1. The second-order valence-electron chi connectivity index (χ2n) is 8.12. The molecular weight excluding hydrogens is 485 g/mol. The van der Waals surface area contributed by atoms with Crippen molar-refractivity contribution >= 4 is 35.3 Å². The Bertz CT molecular complexity index is 1230. The summed E-state index contributed by atoms with van der Waals surface area (Å²) in [4.78, 5) is 26.6. The smallest absolute Gasteiger partial charge is 0.245 e. The minimum atomic E-state index is -0.498. The second kappa shape index (κ2) is 11.7. The SMILES string of the molecule is CCOc1ccc(N2C[C@H](C(=O)N/N=C\c3ccc(OCc4c(F)cccc4Cl)cc3)CC2=O)cc1. The molecule has 1 atom stereocenters. The Morgan fingerprint density at radius 3 is 2.50 bits per heavy atom. The van der Waals surface area contributed by atoms with Gasteiger partial charge in [-0.05, 0) is 73.2 Å². The molecule has 0 bridgehead atoms. The first-order valence-corrected chi connectivity index (χ1v) is 11.8. The zero-order valence-corrected chi connectivity index (χ0v) is 20.4. The average molecular weight is 510 g/mol. The molecule has 1 fully saturated rings. The van der Waals surface area contributed by atoms with Crippen molar-refractivity contribution in [2.24, 2.45) is 11.0 Å². The largest absolute Gasteiger partial charge is 0.494 e. The summed E-state index contributed by atoms with van der Waals surface area (Å²) in [6.07, 6.45) is 1.61. The first-order valence-electron chi connectivity index (χ1n) is 11.5. The Labute approximate surface area is 213 Å².